The molecule has 5 saturated carbocycles. The topological polar surface area (TPSA) is 122 Å². The van der Waals surface area contributed by atoms with Crippen LogP contribution >= 0.6 is 0 Å². The number of aromatic nitrogens is 4. The Balaban J connectivity index is 0.986. The highest BCUT2D eigenvalue weighted by atomic mass is 19.4. The van der Waals surface area contributed by atoms with E-state index in [-0.39, 0.29) is 29.7 Å². The zero-order valence-corrected chi connectivity index (χ0v) is 28.3. The Morgan fingerprint density at radius 3 is 2.21 bits per heavy atom. The van der Waals surface area contributed by atoms with Crippen LogP contribution in [0.25, 0.3) is 22.2 Å². The lowest BCUT2D eigenvalue weighted by Gasteiger charge is -2.59. The predicted molar refractivity (Wildman–Crippen MR) is 181 cm³/mol. The largest absolute Gasteiger partial charge is 0.490 e. The first-order valence-electron chi connectivity index (χ1n) is 18.1. The van der Waals surface area contributed by atoms with E-state index in [1.165, 1.54) is 6.07 Å². The van der Waals surface area contributed by atoms with E-state index < -0.39 is 40.7 Å². The number of fused-ring (bicyclic) bond motifs is 1. The molecule has 4 aromatic rings. The Kier molecular flexibility index (Phi) is 7.74. The molecule has 6 fully saturated rings. The fourth-order valence-corrected chi connectivity index (χ4v) is 9.80. The molecule has 0 atom stereocenters. The van der Waals surface area contributed by atoms with E-state index in [4.69, 9.17) is 4.74 Å². The number of pyridine rings is 1. The Morgan fingerprint density at radius 2 is 1.60 bits per heavy atom. The number of carboxylic acids is 1. The average molecular weight is 719 g/mol. The van der Waals surface area contributed by atoms with Crippen molar-refractivity contribution >= 4 is 28.7 Å². The van der Waals surface area contributed by atoms with Crippen LogP contribution in [0.1, 0.15) is 79.9 Å². The molecule has 3 aromatic heterocycles. The normalized spacial score (nSPS) is 27.3. The first kappa shape index (κ1) is 33.1. The molecular formula is C38H38F4N6O4. The number of halogens is 4. The molecule has 0 radical (unpaired) electrons. The number of hydrogen-bond donors (Lipinski definition) is 2. The molecular weight excluding hydrogens is 680 g/mol. The number of nitrogens with zero attached hydrogens (tertiary/aromatic N) is 5. The van der Waals surface area contributed by atoms with Gasteiger partial charge in [-0.2, -0.15) is 13.2 Å². The first-order valence-corrected chi connectivity index (χ1v) is 18.1. The fraction of sp³-hybridized carbons (Fsp3) is 0.500. The number of carbonyl (C=O) groups excluding carboxylic acids is 1. The number of rotatable bonds is 8. The number of alkyl halides is 3. The second-order valence-corrected chi connectivity index (χ2v) is 15.4. The monoisotopic (exact) mass is 718 g/mol. The van der Waals surface area contributed by atoms with Gasteiger partial charge in [-0.05, 0) is 92.9 Å². The maximum absolute atomic E-state index is 14.7. The lowest BCUT2D eigenvalue weighted by atomic mass is 9.48. The van der Waals surface area contributed by atoms with Crippen molar-refractivity contribution in [2.24, 2.45) is 23.7 Å². The summed E-state index contributed by atoms with van der Waals surface area (Å²) in [5.74, 6) is -1.41. The number of hydrogen-bond acceptors (Lipinski definition) is 7. The number of benzene rings is 1. The van der Waals surface area contributed by atoms with Gasteiger partial charge in [0.2, 0.25) is 5.95 Å². The van der Waals surface area contributed by atoms with E-state index in [9.17, 15) is 32.3 Å². The summed E-state index contributed by atoms with van der Waals surface area (Å²) in [7, 11) is 0. The minimum atomic E-state index is -4.96. The lowest BCUT2D eigenvalue weighted by molar-refractivity contribution is -0.163. The van der Waals surface area contributed by atoms with Gasteiger partial charge < -0.3 is 24.6 Å². The first-order chi connectivity index (χ1) is 25.0. The Labute approximate surface area is 296 Å². The van der Waals surface area contributed by atoms with Crippen LogP contribution in [0.3, 0.4) is 0 Å². The van der Waals surface area contributed by atoms with Crippen LogP contribution in [0.5, 0.6) is 5.75 Å². The highest BCUT2D eigenvalue weighted by Crippen LogP contribution is 2.58. The van der Waals surface area contributed by atoms with Gasteiger partial charge >= 0.3 is 12.1 Å². The van der Waals surface area contributed by atoms with Gasteiger partial charge in [0.15, 0.2) is 11.5 Å². The van der Waals surface area contributed by atoms with Gasteiger partial charge in [0.25, 0.3) is 5.91 Å². The van der Waals surface area contributed by atoms with Crippen molar-refractivity contribution in [2.45, 2.75) is 81.6 Å². The number of carbonyl (C=O) groups is 2. The summed E-state index contributed by atoms with van der Waals surface area (Å²) < 4.78 is 65.8. The van der Waals surface area contributed by atoms with Crippen molar-refractivity contribution in [3.63, 3.8) is 0 Å². The van der Waals surface area contributed by atoms with Gasteiger partial charge in [0.1, 0.15) is 17.4 Å². The van der Waals surface area contributed by atoms with Crippen LogP contribution in [-0.2, 0) is 11.0 Å². The van der Waals surface area contributed by atoms with Crippen molar-refractivity contribution in [3.8, 4) is 17.0 Å². The standard InChI is InChI=1S/C38H38F4N6O4/c39-24-17-43-36(44-18-24)47-9-7-26(8-10-47)52-27-3-4-28-30(19-48(25-1-2-25)32(28)16-27)31-6-5-29(33(45-31)38(40,41)42)34(49)46-37(35(50)51)22-12-20-11-21(14-22)15-23(37)13-20/h3-6,16-23,25-26H,1-2,7-15H2,(H,46,49)(H,50,51). The van der Waals surface area contributed by atoms with Crippen molar-refractivity contribution in [3.05, 3.63) is 66.0 Å². The third-order valence-electron chi connectivity index (χ3n) is 12.2. The van der Waals surface area contributed by atoms with Crippen LogP contribution in [-0.4, -0.2) is 61.2 Å². The molecule has 4 heterocycles. The number of piperidine rings is 1. The molecule has 10 nitrogen and oxygen atoms in total. The predicted octanol–water partition coefficient (Wildman–Crippen LogP) is 7.04. The second-order valence-electron chi connectivity index (χ2n) is 15.4. The van der Waals surface area contributed by atoms with E-state index in [1.54, 1.807) is 6.07 Å². The summed E-state index contributed by atoms with van der Waals surface area (Å²) in [4.78, 5) is 40.7. The molecule has 1 aliphatic heterocycles. The number of ether oxygens (including phenoxy) is 1. The molecule has 14 heteroatoms. The maximum atomic E-state index is 14.7. The zero-order valence-electron chi connectivity index (χ0n) is 28.3. The Hall–Kier alpha value is -4.75. The van der Waals surface area contributed by atoms with Gasteiger partial charge in [0.05, 0.1) is 29.2 Å². The number of carboxylic acid groups (broad SMARTS) is 1. The molecule has 1 saturated heterocycles. The van der Waals surface area contributed by atoms with Gasteiger partial charge in [-0.25, -0.2) is 24.1 Å². The summed E-state index contributed by atoms with van der Waals surface area (Å²) in [6.45, 7) is 1.28. The Bertz CT molecular complexity index is 2030. The van der Waals surface area contributed by atoms with Gasteiger partial charge in [-0.3, -0.25) is 4.79 Å². The zero-order chi connectivity index (χ0) is 35.9. The summed E-state index contributed by atoms with van der Waals surface area (Å²) in [5.41, 5.74) is -2.21. The van der Waals surface area contributed by atoms with Crippen molar-refractivity contribution < 1.29 is 37.0 Å². The molecule has 2 N–H and O–H groups in total. The number of anilines is 1. The van der Waals surface area contributed by atoms with Crippen LogP contribution in [0.2, 0.25) is 0 Å². The summed E-state index contributed by atoms with van der Waals surface area (Å²) in [6.07, 6.45) is 6.05. The highest BCUT2D eigenvalue weighted by Gasteiger charge is 2.62. The molecule has 10 rings (SSSR count). The fourth-order valence-electron chi connectivity index (χ4n) is 9.80. The van der Waals surface area contributed by atoms with E-state index in [1.807, 2.05) is 23.2 Å². The molecule has 5 aliphatic carbocycles. The van der Waals surface area contributed by atoms with Crippen molar-refractivity contribution in [2.75, 3.05) is 18.0 Å². The van der Waals surface area contributed by atoms with Crippen LogP contribution < -0.4 is 15.0 Å². The van der Waals surface area contributed by atoms with Crippen LogP contribution in [0.4, 0.5) is 23.5 Å². The van der Waals surface area contributed by atoms with Gasteiger partial charge in [0, 0.05) is 55.2 Å². The minimum absolute atomic E-state index is 0.0694. The Morgan fingerprint density at radius 1 is 0.923 bits per heavy atom. The summed E-state index contributed by atoms with van der Waals surface area (Å²) in [5, 5.41) is 13.8. The van der Waals surface area contributed by atoms with Gasteiger partial charge in [-0.15, -0.1) is 0 Å². The third kappa shape index (κ3) is 5.65. The average Bonchev–Trinajstić information content (AvgIpc) is 3.89. The van der Waals surface area contributed by atoms with E-state index >= 15 is 0 Å². The molecule has 0 unspecified atom stereocenters. The van der Waals surface area contributed by atoms with Gasteiger partial charge in [-0.1, -0.05) is 0 Å². The second kappa shape index (κ2) is 12.2. The van der Waals surface area contributed by atoms with Crippen molar-refractivity contribution in [1.82, 2.24) is 24.8 Å². The summed E-state index contributed by atoms with van der Waals surface area (Å²) in [6, 6.07) is 8.30. The molecule has 0 spiro atoms. The molecule has 4 bridgehead atoms. The third-order valence-corrected chi connectivity index (χ3v) is 12.2. The van der Waals surface area contributed by atoms with E-state index in [0.29, 0.717) is 86.1 Å². The molecule has 52 heavy (non-hydrogen) atoms. The van der Waals surface area contributed by atoms with Crippen molar-refractivity contribution in [1.29, 1.82) is 0 Å². The smallest absolute Gasteiger partial charge is 0.434 e. The quantitative estimate of drug-likeness (QED) is 0.186. The SMILES string of the molecule is O=C(NC1(C(=O)O)C2CC3CC(C2)CC1C3)c1ccc(-c2cn(C3CC3)c3cc(OC4CCN(c5ncc(F)cn5)CC4)ccc23)nc1C(F)(F)F. The molecule has 1 amide bonds. The highest BCUT2D eigenvalue weighted by molar-refractivity contribution is 6.00. The molecule has 1 aromatic carbocycles. The van der Waals surface area contributed by atoms with Crippen LogP contribution in [0.15, 0.2) is 48.9 Å². The number of aliphatic carboxylic acids is 1. The summed E-state index contributed by atoms with van der Waals surface area (Å²) >= 11 is 0. The van der Waals surface area contributed by atoms with E-state index in [0.717, 1.165) is 43.2 Å². The minimum Gasteiger partial charge on any atom is -0.490 e. The van der Waals surface area contributed by atoms with E-state index in [2.05, 4.69) is 24.8 Å². The van der Waals surface area contributed by atoms with Crippen LogP contribution in [0, 0.1) is 29.5 Å². The number of nitrogens with one attached hydrogen (secondary N) is 1. The number of amides is 1. The molecule has 272 valence electrons. The lowest BCUT2D eigenvalue weighted by Crippen LogP contribution is -2.70. The maximum Gasteiger partial charge on any atom is 0.434 e. The molecule has 6 aliphatic rings.